The molecule has 11 nitrogen and oxygen atoms in total. The van der Waals surface area contributed by atoms with Crippen LogP contribution in [0.15, 0.2) is 98.9 Å². The molecular formula is C23H15N3Na2O8S2. The van der Waals surface area contributed by atoms with E-state index >= 15 is 0 Å². The van der Waals surface area contributed by atoms with Crippen LogP contribution in [0, 0.1) is 0 Å². The maximum absolute atomic E-state index is 12.6. The second-order valence-electron chi connectivity index (χ2n) is 7.40. The van der Waals surface area contributed by atoms with Gasteiger partial charge in [-0.25, -0.2) is 16.8 Å². The SMILES string of the molecule is O=C(Nc1ccc2c(O)c(N=Nc3ccccc3)c(S(=O)(=O)[O-])cc2c1)c1ccccc1S(=O)(=O)[O-].[Na+].[Na+]. The van der Waals surface area contributed by atoms with Crippen LogP contribution in [-0.4, -0.2) is 37.0 Å². The summed E-state index contributed by atoms with van der Waals surface area (Å²) >= 11 is 0. The molecule has 4 aromatic carbocycles. The summed E-state index contributed by atoms with van der Waals surface area (Å²) in [4.78, 5) is 11.1. The van der Waals surface area contributed by atoms with Crippen LogP contribution in [0.5, 0.6) is 5.75 Å². The van der Waals surface area contributed by atoms with Gasteiger partial charge in [0.25, 0.3) is 5.91 Å². The van der Waals surface area contributed by atoms with Gasteiger partial charge in [0.15, 0.2) is 5.75 Å². The number of phenolic OH excluding ortho intramolecular Hbond substituents is 1. The zero-order valence-electron chi connectivity index (χ0n) is 20.0. The Bertz CT molecular complexity index is 1750. The van der Waals surface area contributed by atoms with Crippen molar-refractivity contribution < 1.29 is 95.0 Å². The van der Waals surface area contributed by atoms with Gasteiger partial charge in [0.2, 0.25) is 0 Å². The number of anilines is 1. The molecule has 0 saturated carbocycles. The molecule has 0 bridgehead atoms. The van der Waals surface area contributed by atoms with Crippen LogP contribution in [0.2, 0.25) is 0 Å². The summed E-state index contributed by atoms with van der Waals surface area (Å²) in [6.07, 6.45) is 0. The largest absolute Gasteiger partial charge is 1.00 e. The fourth-order valence-electron chi connectivity index (χ4n) is 3.39. The van der Waals surface area contributed by atoms with Crippen molar-refractivity contribution in [3.63, 3.8) is 0 Å². The molecule has 0 spiro atoms. The van der Waals surface area contributed by atoms with Crippen LogP contribution in [-0.2, 0) is 20.2 Å². The molecule has 4 aromatic rings. The van der Waals surface area contributed by atoms with Gasteiger partial charge in [0.05, 0.1) is 21.0 Å². The van der Waals surface area contributed by atoms with E-state index in [1.54, 1.807) is 30.3 Å². The second-order valence-corrected chi connectivity index (χ2v) is 10.1. The minimum atomic E-state index is -5.11. The molecule has 0 aliphatic rings. The first-order chi connectivity index (χ1) is 16.9. The molecule has 0 aliphatic carbocycles. The first-order valence-corrected chi connectivity index (χ1v) is 12.9. The average molecular weight is 572 g/mol. The third kappa shape index (κ3) is 7.27. The van der Waals surface area contributed by atoms with E-state index in [2.05, 4.69) is 15.5 Å². The Hall–Kier alpha value is -2.17. The van der Waals surface area contributed by atoms with Crippen LogP contribution in [0.3, 0.4) is 0 Å². The van der Waals surface area contributed by atoms with Gasteiger partial charge < -0.3 is 19.5 Å². The van der Waals surface area contributed by atoms with E-state index in [4.69, 9.17) is 0 Å². The quantitative estimate of drug-likeness (QED) is 0.151. The molecule has 0 atom stereocenters. The number of hydrogen-bond donors (Lipinski definition) is 2. The van der Waals surface area contributed by atoms with E-state index in [1.807, 2.05) is 0 Å². The fourth-order valence-corrected chi connectivity index (χ4v) is 4.71. The second kappa shape index (κ2) is 12.8. The smallest absolute Gasteiger partial charge is 0.744 e. The van der Waals surface area contributed by atoms with E-state index in [0.717, 1.165) is 18.2 Å². The van der Waals surface area contributed by atoms with Crippen LogP contribution >= 0.6 is 0 Å². The summed E-state index contributed by atoms with van der Waals surface area (Å²) in [6, 6.07) is 17.9. The van der Waals surface area contributed by atoms with Crippen molar-refractivity contribution in [3.05, 3.63) is 84.4 Å². The van der Waals surface area contributed by atoms with Crippen molar-refractivity contribution in [2.45, 2.75) is 9.79 Å². The van der Waals surface area contributed by atoms with E-state index in [9.17, 15) is 35.8 Å². The van der Waals surface area contributed by atoms with Crippen molar-refractivity contribution in [2.75, 3.05) is 5.32 Å². The van der Waals surface area contributed by atoms with E-state index in [1.165, 1.54) is 30.3 Å². The number of amides is 1. The first-order valence-electron chi connectivity index (χ1n) is 10.0. The van der Waals surface area contributed by atoms with Crippen molar-refractivity contribution in [2.24, 2.45) is 10.2 Å². The number of hydrogen-bond acceptors (Lipinski definition) is 10. The van der Waals surface area contributed by atoms with Crippen molar-refractivity contribution in [1.82, 2.24) is 0 Å². The number of nitrogens with zero attached hydrogens (tertiary/aromatic N) is 2. The molecule has 0 fully saturated rings. The minimum Gasteiger partial charge on any atom is -0.744 e. The maximum atomic E-state index is 12.6. The number of carbonyl (C=O) groups is 1. The van der Waals surface area contributed by atoms with Gasteiger partial charge in [0, 0.05) is 11.1 Å². The predicted molar refractivity (Wildman–Crippen MR) is 127 cm³/mol. The zero-order chi connectivity index (χ0) is 26.1. The van der Waals surface area contributed by atoms with Gasteiger partial charge in [0.1, 0.15) is 25.9 Å². The van der Waals surface area contributed by atoms with Crippen LogP contribution < -0.4 is 64.4 Å². The van der Waals surface area contributed by atoms with Crippen molar-refractivity contribution in [3.8, 4) is 5.75 Å². The Morgan fingerprint density at radius 1 is 0.763 bits per heavy atom. The molecule has 0 saturated heterocycles. The Balaban J connectivity index is 0.00000253. The number of aromatic hydroxyl groups is 1. The van der Waals surface area contributed by atoms with Gasteiger partial charge >= 0.3 is 59.1 Å². The number of rotatable bonds is 6. The van der Waals surface area contributed by atoms with Crippen molar-refractivity contribution >= 4 is 54.0 Å². The molecule has 0 heterocycles. The normalized spacial score (nSPS) is 11.5. The predicted octanol–water partition coefficient (Wildman–Crippen LogP) is -1.97. The van der Waals surface area contributed by atoms with E-state index in [-0.39, 0.29) is 75.6 Å². The summed E-state index contributed by atoms with van der Waals surface area (Å²) < 4.78 is 70.1. The molecule has 1 amide bonds. The average Bonchev–Trinajstić information content (AvgIpc) is 2.82. The van der Waals surface area contributed by atoms with Crippen molar-refractivity contribution in [1.29, 1.82) is 0 Å². The zero-order valence-corrected chi connectivity index (χ0v) is 25.7. The molecule has 4 rings (SSSR count). The number of carbonyl (C=O) groups excluding carboxylic acids is 1. The summed E-state index contributed by atoms with van der Waals surface area (Å²) in [6.45, 7) is 0. The molecular weight excluding hydrogens is 556 g/mol. The molecule has 0 aromatic heterocycles. The van der Waals surface area contributed by atoms with Gasteiger partial charge in [-0.15, -0.1) is 5.11 Å². The van der Waals surface area contributed by atoms with E-state index in [0.29, 0.717) is 5.69 Å². The topological polar surface area (TPSA) is 188 Å². The Morgan fingerprint density at radius 3 is 2.00 bits per heavy atom. The first kappa shape index (κ1) is 32.0. The summed E-state index contributed by atoms with van der Waals surface area (Å²) in [7, 11) is -10.0. The molecule has 0 aliphatic heterocycles. The minimum absolute atomic E-state index is 0. The van der Waals surface area contributed by atoms with E-state index < -0.39 is 52.9 Å². The Kier molecular flexibility index (Phi) is 10.8. The van der Waals surface area contributed by atoms with Gasteiger partial charge in [-0.05, 0) is 53.9 Å². The molecule has 2 N–H and O–H groups in total. The van der Waals surface area contributed by atoms with Crippen LogP contribution in [0.4, 0.5) is 17.1 Å². The number of benzene rings is 4. The maximum Gasteiger partial charge on any atom is 1.00 e. The number of azo groups is 1. The van der Waals surface area contributed by atoms with Gasteiger partial charge in [-0.2, -0.15) is 5.11 Å². The molecule has 38 heavy (non-hydrogen) atoms. The number of phenols is 1. The Labute approximate surface area is 262 Å². The summed E-state index contributed by atoms with van der Waals surface area (Å²) in [5, 5.41) is 20.9. The fraction of sp³-hybridized carbons (Fsp3) is 0. The molecule has 15 heteroatoms. The third-order valence-corrected chi connectivity index (χ3v) is 6.75. The third-order valence-electron chi connectivity index (χ3n) is 5.00. The molecule has 0 unspecified atom stereocenters. The van der Waals surface area contributed by atoms with Crippen LogP contribution in [0.25, 0.3) is 10.8 Å². The molecule has 184 valence electrons. The van der Waals surface area contributed by atoms with Crippen LogP contribution in [0.1, 0.15) is 10.4 Å². The van der Waals surface area contributed by atoms with Gasteiger partial charge in [-0.3, -0.25) is 4.79 Å². The number of nitrogens with one attached hydrogen (secondary N) is 1. The molecule has 0 radical (unpaired) electrons. The van der Waals surface area contributed by atoms with Gasteiger partial charge in [-0.1, -0.05) is 30.3 Å². The standard InChI is InChI=1S/C23H17N3O8S2.2Na/c27-22-17-11-10-16(24-23(28)18-8-4-5-9-19(18)35(29,30)31)12-14(17)13-20(36(32,33)34)21(22)26-25-15-6-2-1-3-7-15;;/h1-13,27H,(H,24,28)(H,29,30,31)(H,32,33,34);;/q;2*+1/p-2. The number of fused-ring (bicyclic) bond motifs is 1. The summed E-state index contributed by atoms with van der Waals surface area (Å²) in [5.41, 5.74) is -0.523. The summed E-state index contributed by atoms with van der Waals surface area (Å²) in [5.74, 6) is -1.54. The monoisotopic (exact) mass is 571 g/mol. The Morgan fingerprint density at radius 2 is 1.37 bits per heavy atom.